The molecule has 0 aliphatic rings. The minimum absolute atomic E-state index is 0.0320. The molecule has 0 radical (unpaired) electrons. The van der Waals surface area contributed by atoms with Crippen molar-refractivity contribution in [3.8, 4) is 0 Å². The predicted octanol–water partition coefficient (Wildman–Crippen LogP) is 1.52. The van der Waals surface area contributed by atoms with Crippen molar-refractivity contribution in [1.29, 1.82) is 0 Å². The SMILES string of the molecule is COC(=O)/C(C)=C/C(=O)NCCNC(=O)CCCCC(S)CCS. The van der Waals surface area contributed by atoms with Crippen LogP contribution in [0.1, 0.15) is 39.0 Å². The van der Waals surface area contributed by atoms with Gasteiger partial charge < -0.3 is 15.4 Å². The molecule has 24 heavy (non-hydrogen) atoms. The molecule has 0 aliphatic heterocycles. The van der Waals surface area contributed by atoms with Crippen LogP contribution in [-0.2, 0) is 19.1 Å². The van der Waals surface area contributed by atoms with Gasteiger partial charge in [-0.2, -0.15) is 25.3 Å². The van der Waals surface area contributed by atoms with Crippen LogP contribution in [0.4, 0.5) is 0 Å². The fourth-order valence-electron chi connectivity index (χ4n) is 1.90. The van der Waals surface area contributed by atoms with Crippen molar-refractivity contribution in [1.82, 2.24) is 10.6 Å². The van der Waals surface area contributed by atoms with Gasteiger partial charge in [0.25, 0.3) is 0 Å². The van der Waals surface area contributed by atoms with E-state index < -0.39 is 11.9 Å². The van der Waals surface area contributed by atoms with E-state index in [-0.39, 0.29) is 11.5 Å². The first-order valence-electron chi connectivity index (χ1n) is 8.00. The van der Waals surface area contributed by atoms with Gasteiger partial charge in [0.15, 0.2) is 0 Å². The Hall–Kier alpha value is -1.15. The van der Waals surface area contributed by atoms with Gasteiger partial charge in [-0.25, -0.2) is 4.79 Å². The van der Waals surface area contributed by atoms with Gasteiger partial charge in [-0.05, 0) is 31.9 Å². The number of amides is 2. The van der Waals surface area contributed by atoms with Crippen LogP contribution < -0.4 is 10.6 Å². The van der Waals surface area contributed by atoms with Crippen molar-refractivity contribution in [3.05, 3.63) is 11.6 Å². The zero-order valence-corrected chi connectivity index (χ0v) is 16.1. The van der Waals surface area contributed by atoms with Crippen LogP contribution in [-0.4, -0.2) is 49.0 Å². The van der Waals surface area contributed by atoms with Crippen molar-refractivity contribution in [2.24, 2.45) is 0 Å². The third kappa shape index (κ3) is 12.3. The second kappa shape index (κ2) is 14.2. The fourth-order valence-corrected chi connectivity index (χ4v) is 2.73. The highest BCUT2D eigenvalue weighted by molar-refractivity contribution is 7.81. The summed E-state index contributed by atoms with van der Waals surface area (Å²) in [5, 5.41) is 5.68. The molecular formula is C16H28N2O4S2. The highest BCUT2D eigenvalue weighted by atomic mass is 32.1. The smallest absolute Gasteiger partial charge is 0.333 e. The standard InChI is InChI=1S/C16H28N2O4S2/c1-12(16(21)22-2)11-15(20)18-9-8-17-14(19)6-4-3-5-13(24)7-10-23/h11,13,23-24H,3-10H2,1-2H3,(H,17,19)(H,18,20)/b12-11+. The lowest BCUT2D eigenvalue weighted by Crippen LogP contribution is -2.34. The van der Waals surface area contributed by atoms with Crippen molar-refractivity contribution in [2.45, 2.75) is 44.3 Å². The molecule has 2 amide bonds. The Morgan fingerprint density at radius 3 is 2.42 bits per heavy atom. The minimum atomic E-state index is -0.545. The maximum absolute atomic E-state index is 11.6. The van der Waals surface area contributed by atoms with Crippen LogP contribution >= 0.6 is 25.3 Å². The highest BCUT2D eigenvalue weighted by Crippen LogP contribution is 2.12. The lowest BCUT2D eigenvalue weighted by molar-refractivity contribution is -0.136. The molecule has 8 heteroatoms. The Kier molecular flexibility index (Phi) is 13.5. The summed E-state index contributed by atoms with van der Waals surface area (Å²) in [6.45, 7) is 2.15. The monoisotopic (exact) mass is 376 g/mol. The summed E-state index contributed by atoms with van der Waals surface area (Å²) >= 11 is 8.61. The number of methoxy groups -OCH3 is 1. The Morgan fingerprint density at radius 1 is 1.12 bits per heavy atom. The van der Waals surface area contributed by atoms with Crippen LogP contribution in [0.2, 0.25) is 0 Å². The number of hydrogen-bond donors (Lipinski definition) is 4. The molecular weight excluding hydrogens is 348 g/mol. The average Bonchev–Trinajstić information content (AvgIpc) is 2.55. The first kappa shape index (κ1) is 22.9. The van der Waals surface area contributed by atoms with Crippen molar-refractivity contribution in [3.63, 3.8) is 0 Å². The first-order chi connectivity index (χ1) is 11.4. The topological polar surface area (TPSA) is 84.5 Å². The van der Waals surface area contributed by atoms with Gasteiger partial charge in [0.1, 0.15) is 0 Å². The van der Waals surface area contributed by atoms with Crippen molar-refractivity contribution >= 4 is 43.0 Å². The summed E-state index contributed by atoms with van der Waals surface area (Å²) in [4.78, 5) is 34.3. The second-order valence-electron chi connectivity index (χ2n) is 5.37. The van der Waals surface area contributed by atoms with E-state index in [1.54, 1.807) is 0 Å². The zero-order chi connectivity index (χ0) is 18.4. The molecule has 0 heterocycles. The average molecular weight is 377 g/mol. The van der Waals surface area contributed by atoms with Crippen LogP contribution in [0.5, 0.6) is 0 Å². The molecule has 0 rings (SSSR count). The molecule has 0 saturated heterocycles. The number of nitrogens with one attached hydrogen (secondary N) is 2. The van der Waals surface area contributed by atoms with Gasteiger partial charge in [-0.1, -0.05) is 6.42 Å². The van der Waals surface area contributed by atoms with E-state index in [1.165, 1.54) is 20.1 Å². The van der Waals surface area contributed by atoms with E-state index in [0.717, 1.165) is 31.4 Å². The van der Waals surface area contributed by atoms with E-state index in [1.807, 2.05) is 0 Å². The lowest BCUT2D eigenvalue weighted by Gasteiger charge is -2.09. The Morgan fingerprint density at radius 2 is 1.79 bits per heavy atom. The predicted molar refractivity (Wildman–Crippen MR) is 102 cm³/mol. The summed E-state index contributed by atoms with van der Waals surface area (Å²) in [6, 6.07) is 0. The lowest BCUT2D eigenvalue weighted by atomic mass is 10.1. The van der Waals surface area contributed by atoms with Gasteiger partial charge in [0.2, 0.25) is 11.8 Å². The molecule has 0 spiro atoms. The highest BCUT2D eigenvalue weighted by Gasteiger charge is 2.06. The molecule has 0 aromatic carbocycles. The molecule has 0 bridgehead atoms. The molecule has 0 aromatic rings. The van der Waals surface area contributed by atoms with Crippen LogP contribution in [0.15, 0.2) is 11.6 Å². The van der Waals surface area contributed by atoms with E-state index >= 15 is 0 Å². The Balaban J connectivity index is 3.72. The molecule has 1 unspecified atom stereocenters. The number of carbonyl (C=O) groups excluding carboxylic acids is 3. The molecule has 2 N–H and O–H groups in total. The van der Waals surface area contributed by atoms with E-state index in [0.29, 0.717) is 24.8 Å². The summed E-state index contributed by atoms with van der Waals surface area (Å²) < 4.78 is 4.49. The molecule has 0 saturated carbocycles. The Labute approximate surface area is 155 Å². The molecule has 0 aliphatic carbocycles. The van der Waals surface area contributed by atoms with Crippen molar-refractivity contribution < 1.29 is 19.1 Å². The molecule has 138 valence electrons. The summed E-state index contributed by atoms with van der Waals surface area (Å²) in [5.74, 6) is -0.141. The van der Waals surface area contributed by atoms with Crippen molar-refractivity contribution in [2.75, 3.05) is 26.0 Å². The molecule has 1 atom stereocenters. The van der Waals surface area contributed by atoms with Gasteiger partial charge in [0.05, 0.1) is 7.11 Å². The minimum Gasteiger partial charge on any atom is -0.466 e. The second-order valence-corrected chi connectivity index (χ2v) is 6.55. The maximum Gasteiger partial charge on any atom is 0.333 e. The number of ether oxygens (including phenoxy) is 1. The molecule has 0 aromatic heterocycles. The van der Waals surface area contributed by atoms with Gasteiger partial charge in [-0.15, -0.1) is 0 Å². The number of unbranched alkanes of at least 4 members (excludes halogenated alkanes) is 1. The summed E-state index contributed by atoms with van der Waals surface area (Å²) in [5.41, 5.74) is 0.222. The normalized spacial score (nSPS) is 12.4. The van der Waals surface area contributed by atoms with Gasteiger partial charge >= 0.3 is 5.97 Å². The number of esters is 1. The Bertz CT molecular complexity index is 442. The number of rotatable bonds is 12. The molecule has 6 nitrogen and oxygen atoms in total. The van der Waals surface area contributed by atoms with Crippen LogP contribution in [0.3, 0.4) is 0 Å². The van der Waals surface area contributed by atoms with Gasteiger partial charge in [0, 0.05) is 36.4 Å². The van der Waals surface area contributed by atoms with E-state index in [4.69, 9.17) is 0 Å². The number of thiol groups is 2. The van der Waals surface area contributed by atoms with Crippen LogP contribution in [0.25, 0.3) is 0 Å². The third-order valence-corrected chi connectivity index (χ3v) is 4.03. The summed E-state index contributed by atoms with van der Waals surface area (Å²) in [7, 11) is 1.25. The first-order valence-corrected chi connectivity index (χ1v) is 9.15. The fraction of sp³-hybridized carbons (Fsp3) is 0.688. The van der Waals surface area contributed by atoms with Gasteiger partial charge in [-0.3, -0.25) is 9.59 Å². The number of hydrogen-bond acceptors (Lipinski definition) is 6. The van der Waals surface area contributed by atoms with Crippen LogP contribution in [0, 0.1) is 0 Å². The summed E-state index contributed by atoms with van der Waals surface area (Å²) in [6.07, 6.45) is 5.39. The largest absolute Gasteiger partial charge is 0.466 e. The number of carbonyl (C=O) groups is 3. The molecule has 0 fully saturated rings. The van der Waals surface area contributed by atoms with E-state index in [2.05, 4.69) is 40.6 Å². The quantitative estimate of drug-likeness (QED) is 0.180. The zero-order valence-electron chi connectivity index (χ0n) is 14.3. The maximum atomic E-state index is 11.6. The third-order valence-electron chi connectivity index (χ3n) is 3.25. The van der Waals surface area contributed by atoms with E-state index in [9.17, 15) is 14.4 Å².